The zero-order chi connectivity index (χ0) is 17.8. The van der Waals surface area contributed by atoms with Crippen molar-refractivity contribution in [1.29, 1.82) is 0 Å². The molecular formula is C19H24N2O4. The fraction of sp³-hybridized carbons (Fsp3) is 0.474. The van der Waals surface area contributed by atoms with Crippen LogP contribution in [0.25, 0.3) is 0 Å². The molecule has 1 fully saturated rings. The Morgan fingerprint density at radius 2 is 2.04 bits per heavy atom. The topological polar surface area (TPSA) is 75.8 Å². The van der Waals surface area contributed by atoms with Crippen LogP contribution in [0.2, 0.25) is 0 Å². The number of aliphatic hydroxyl groups is 1. The number of ether oxygens (including phenoxy) is 1. The molecule has 1 aliphatic heterocycles. The molecule has 0 spiro atoms. The predicted molar refractivity (Wildman–Crippen MR) is 92.5 cm³/mol. The third-order valence-corrected chi connectivity index (χ3v) is 4.83. The van der Waals surface area contributed by atoms with E-state index in [1.54, 1.807) is 6.07 Å². The summed E-state index contributed by atoms with van der Waals surface area (Å²) >= 11 is 0. The van der Waals surface area contributed by atoms with Crippen LogP contribution in [-0.2, 0) is 6.61 Å². The van der Waals surface area contributed by atoms with Gasteiger partial charge in [-0.15, -0.1) is 0 Å². The summed E-state index contributed by atoms with van der Waals surface area (Å²) < 4.78 is 11.1. The quantitative estimate of drug-likeness (QED) is 0.902. The van der Waals surface area contributed by atoms with Crippen molar-refractivity contribution in [2.24, 2.45) is 5.92 Å². The Bertz CT molecular complexity index is 713. The number of amides is 1. The first kappa shape index (κ1) is 17.5. The summed E-state index contributed by atoms with van der Waals surface area (Å²) in [7, 11) is 0. The third-order valence-electron chi connectivity index (χ3n) is 4.83. The van der Waals surface area contributed by atoms with E-state index < -0.39 is 0 Å². The molecule has 2 heterocycles. The van der Waals surface area contributed by atoms with Crippen molar-refractivity contribution in [3.63, 3.8) is 0 Å². The molecule has 3 rings (SSSR count). The summed E-state index contributed by atoms with van der Waals surface area (Å²) in [5, 5.41) is 13.2. The Kier molecular flexibility index (Phi) is 5.38. The minimum absolute atomic E-state index is 0.0225. The zero-order valence-corrected chi connectivity index (χ0v) is 14.7. The van der Waals surface area contributed by atoms with E-state index in [1.165, 1.54) is 0 Å². The van der Waals surface area contributed by atoms with E-state index >= 15 is 0 Å². The van der Waals surface area contributed by atoms with Gasteiger partial charge >= 0.3 is 0 Å². The van der Waals surface area contributed by atoms with Gasteiger partial charge in [0.1, 0.15) is 18.1 Å². The van der Waals surface area contributed by atoms with Crippen LogP contribution in [0, 0.1) is 19.8 Å². The Morgan fingerprint density at radius 3 is 2.68 bits per heavy atom. The minimum Gasteiger partial charge on any atom is -0.488 e. The van der Waals surface area contributed by atoms with Crippen LogP contribution in [-0.4, -0.2) is 40.8 Å². The first-order valence-electron chi connectivity index (χ1n) is 8.64. The molecule has 1 amide bonds. The Balaban J connectivity index is 1.71. The smallest absolute Gasteiger partial charge is 0.257 e. The molecule has 1 N–H and O–H groups in total. The summed E-state index contributed by atoms with van der Waals surface area (Å²) in [5.41, 5.74) is 2.27. The fourth-order valence-corrected chi connectivity index (χ4v) is 3.12. The zero-order valence-electron chi connectivity index (χ0n) is 14.7. The average molecular weight is 344 g/mol. The number of carbonyl (C=O) groups excluding carboxylic acids is 1. The highest BCUT2D eigenvalue weighted by Gasteiger charge is 2.25. The van der Waals surface area contributed by atoms with E-state index in [0.29, 0.717) is 36.9 Å². The summed E-state index contributed by atoms with van der Waals surface area (Å²) in [6, 6.07) is 7.31. The molecule has 1 saturated heterocycles. The van der Waals surface area contributed by atoms with Crippen LogP contribution in [0.15, 0.2) is 28.8 Å². The number of para-hydroxylation sites is 1. The molecule has 0 radical (unpaired) electrons. The lowest BCUT2D eigenvalue weighted by atomic mass is 9.97. The average Bonchev–Trinajstić information content (AvgIpc) is 2.97. The van der Waals surface area contributed by atoms with Gasteiger partial charge in [0.05, 0.1) is 16.8 Å². The van der Waals surface area contributed by atoms with Gasteiger partial charge in [-0.25, -0.2) is 0 Å². The fourth-order valence-electron chi connectivity index (χ4n) is 3.12. The molecule has 0 bridgehead atoms. The van der Waals surface area contributed by atoms with Crippen LogP contribution < -0.4 is 4.74 Å². The van der Waals surface area contributed by atoms with E-state index in [0.717, 1.165) is 29.9 Å². The lowest BCUT2D eigenvalue weighted by molar-refractivity contribution is 0.0646. The van der Waals surface area contributed by atoms with Crippen molar-refractivity contribution in [1.82, 2.24) is 10.1 Å². The number of aromatic nitrogens is 1. The van der Waals surface area contributed by atoms with Crippen LogP contribution >= 0.6 is 0 Å². The molecule has 134 valence electrons. The molecule has 1 aromatic carbocycles. The normalized spacial score (nSPS) is 15.4. The van der Waals surface area contributed by atoms with Gasteiger partial charge in [0.15, 0.2) is 0 Å². The number of nitrogens with zero attached hydrogens (tertiary/aromatic N) is 2. The Morgan fingerprint density at radius 1 is 1.32 bits per heavy atom. The number of hydrogen-bond donors (Lipinski definition) is 1. The second-order valence-electron chi connectivity index (χ2n) is 6.51. The number of carbonyl (C=O) groups is 1. The highest BCUT2D eigenvalue weighted by molar-refractivity contribution is 5.97. The lowest BCUT2D eigenvalue weighted by Gasteiger charge is -2.31. The van der Waals surface area contributed by atoms with Crippen molar-refractivity contribution in [2.75, 3.05) is 19.7 Å². The number of hydrogen-bond acceptors (Lipinski definition) is 5. The first-order valence-corrected chi connectivity index (χ1v) is 8.64. The van der Waals surface area contributed by atoms with Gasteiger partial charge in [-0.3, -0.25) is 4.79 Å². The molecule has 0 aliphatic carbocycles. The van der Waals surface area contributed by atoms with Crippen LogP contribution in [0.3, 0.4) is 0 Å². The van der Waals surface area contributed by atoms with E-state index in [1.807, 2.05) is 36.9 Å². The highest BCUT2D eigenvalue weighted by Crippen LogP contribution is 2.25. The number of benzene rings is 1. The van der Waals surface area contributed by atoms with E-state index in [2.05, 4.69) is 5.16 Å². The molecule has 2 aromatic rings. The minimum atomic E-state index is -0.0225. The van der Waals surface area contributed by atoms with Gasteiger partial charge < -0.3 is 19.3 Å². The molecule has 6 nitrogen and oxygen atoms in total. The highest BCUT2D eigenvalue weighted by atomic mass is 16.5. The number of aryl methyl sites for hydroxylation is 2. The van der Waals surface area contributed by atoms with Crippen LogP contribution in [0.5, 0.6) is 5.75 Å². The molecular weight excluding hydrogens is 320 g/mol. The number of aliphatic hydroxyl groups excluding tert-OH is 1. The second kappa shape index (κ2) is 7.70. The summed E-state index contributed by atoms with van der Waals surface area (Å²) in [6.45, 7) is 5.57. The number of piperidine rings is 1. The van der Waals surface area contributed by atoms with Crippen molar-refractivity contribution in [3.05, 3.63) is 46.8 Å². The van der Waals surface area contributed by atoms with Gasteiger partial charge in [0, 0.05) is 19.7 Å². The van der Waals surface area contributed by atoms with Crippen LogP contribution in [0.4, 0.5) is 0 Å². The predicted octanol–water partition coefficient (Wildman–Crippen LogP) is 2.71. The number of rotatable bonds is 5. The van der Waals surface area contributed by atoms with Crippen molar-refractivity contribution in [3.8, 4) is 5.75 Å². The lowest BCUT2D eigenvalue weighted by Crippen LogP contribution is -2.39. The SMILES string of the molecule is Cc1noc(C)c1COc1ccccc1C(=O)N1CCC(CO)CC1. The molecule has 0 saturated carbocycles. The maximum absolute atomic E-state index is 12.9. The van der Waals surface area contributed by atoms with Crippen molar-refractivity contribution >= 4 is 5.91 Å². The van der Waals surface area contributed by atoms with Crippen molar-refractivity contribution in [2.45, 2.75) is 33.3 Å². The second-order valence-corrected chi connectivity index (χ2v) is 6.51. The van der Waals surface area contributed by atoms with Gasteiger partial charge in [0.25, 0.3) is 5.91 Å². The first-order chi connectivity index (χ1) is 12.1. The monoisotopic (exact) mass is 344 g/mol. The van der Waals surface area contributed by atoms with Gasteiger partial charge in [-0.05, 0) is 44.7 Å². The van der Waals surface area contributed by atoms with E-state index in [4.69, 9.17) is 9.26 Å². The van der Waals surface area contributed by atoms with Crippen molar-refractivity contribution < 1.29 is 19.2 Å². The molecule has 6 heteroatoms. The molecule has 25 heavy (non-hydrogen) atoms. The van der Waals surface area contributed by atoms with E-state index in [-0.39, 0.29) is 12.5 Å². The largest absolute Gasteiger partial charge is 0.488 e. The molecule has 0 atom stereocenters. The van der Waals surface area contributed by atoms with Gasteiger partial charge in [-0.1, -0.05) is 17.3 Å². The van der Waals surface area contributed by atoms with Gasteiger partial charge in [-0.2, -0.15) is 0 Å². The third kappa shape index (κ3) is 3.85. The Labute approximate surface area is 147 Å². The maximum Gasteiger partial charge on any atom is 0.257 e. The molecule has 1 aliphatic rings. The summed E-state index contributed by atoms with van der Waals surface area (Å²) in [4.78, 5) is 14.7. The standard InChI is InChI=1S/C19H24N2O4/c1-13-17(14(2)25-20-13)12-24-18-6-4-3-5-16(18)19(23)21-9-7-15(11-22)8-10-21/h3-6,15,22H,7-12H2,1-2H3. The molecule has 1 aromatic heterocycles. The summed E-state index contributed by atoms with van der Waals surface area (Å²) in [5.74, 6) is 1.57. The summed E-state index contributed by atoms with van der Waals surface area (Å²) in [6.07, 6.45) is 1.68. The van der Waals surface area contributed by atoms with Crippen LogP contribution in [0.1, 0.15) is 40.2 Å². The number of likely N-dealkylation sites (tertiary alicyclic amines) is 1. The Hall–Kier alpha value is -2.34. The van der Waals surface area contributed by atoms with Gasteiger partial charge in [0.2, 0.25) is 0 Å². The maximum atomic E-state index is 12.9. The van der Waals surface area contributed by atoms with E-state index in [9.17, 15) is 9.90 Å². The molecule has 0 unspecified atom stereocenters.